The molecular weight excluding hydrogens is 118 g/mol. The van der Waals surface area contributed by atoms with Crippen molar-refractivity contribution in [1.82, 2.24) is 10.2 Å². The van der Waals surface area contributed by atoms with Crippen LogP contribution in [0.15, 0.2) is 4.42 Å². The Balaban J connectivity index is 2.61. The molecule has 0 aromatic carbocycles. The van der Waals surface area contributed by atoms with Gasteiger partial charge < -0.3 is 9.73 Å². The van der Waals surface area contributed by atoms with Crippen LogP contribution in [0.5, 0.6) is 0 Å². The van der Waals surface area contributed by atoms with E-state index in [4.69, 9.17) is 4.42 Å². The summed E-state index contributed by atoms with van der Waals surface area (Å²) in [6, 6.07) is 0.495. The van der Waals surface area contributed by atoms with Crippen molar-refractivity contribution < 1.29 is 4.42 Å². The standard InChI is InChI=1S/C5H9N3O/c1-3-6-5-8-7-4(2)9-5/h3H2,1-2H3,(H,6,8). The monoisotopic (exact) mass is 127 g/mol. The summed E-state index contributed by atoms with van der Waals surface area (Å²) in [6.45, 7) is 4.54. The summed E-state index contributed by atoms with van der Waals surface area (Å²) in [4.78, 5) is 0. The van der Waals surface area contributed by atoms with Crippen LogP contribution in [0.25, 0.3) is 0 Å². The van der Waals surface area contributed by atoms with Crippen LogP contribution in [0.4, 0.5) is 6.01 Å². The minimum Gasteiger partial charge on any atom is -0.408 e. The molecule has 0 unspecified atom stereocenters. The molecule has 0 aliphatic heterocycles. The fourth-order valence-corrected chi connectivity index (χ4v) is 0.519. The lowest BCUT2D eigenvalue weighted by molar-refractivity contribution is 0.532. The zero-order valence-corrected chi connectivity index (χ0v) is 5.51. The van der Waals surface area contributed by atoms with Crippen LogP contribution in [0.2, 0.25) is 0 Å². The first-order chi connectivity index (χ1) is 4.33. The van der Waals surface area contributed by atoms with E-state index in [0.717, 1.165) is 6.54 Å². The van der Waals surface area contributed by atoms with E-state index in [2.05, 4.69) is 15.5 Å². The Morgan fingerprint density at radius 2 is 2.33 bits per heavy atom. The molecule has 0 aliphatic rings. The van der Waals surface area contributed by atoms with Gasteiger partial charge in [-0.05, 0) is 6.92 Å². The van der Waals surface area contributed by atoms with Crippen molar-refractivity contribution in [2.75, 3.05) is 11.9 Å². The largest absolute Gasteiger partial charge is 0.408 e. The van der Waals surface area contributed by atoms with Crippen LogP contribution < -0.4 is 5.32 Å². The topological polar surface area (TPSA) is 51.0 Å². The van der Waals surface area contributed by atoms with Gasteiger partial charge >= 0.3 is 6.01 Å². The summed E-state index contributed by atoms with van der Waals surface area (Å²) in [5, 5.41) is 10.2. The Morgan fingerprint density at radius 1 is 1.56 bits per heavy atom. The van der Waals surface area contributed by atoms with E-state index < -0.39 is 0 Å². The lowest BCUT2D eigenvalue weighted by Gasteiger charge is -1.89. The summed E-state index contributed by atoms with van der Waals surface area (Å²) in [5.41, 5.74) is 0. The van der Waals surface area contributed by atoms with Gasteiger partial charge in [0, 0.05) is 13.5 Å². The summed E-state index contributed by atoms with van der Waals surface area (Å²) >= 11 is 0. The number of aromatic nitrogens is 2. The number of anilines is 1. The van der Waals surface area contributed by atoms with Crippen molar-refractivity contribution in [3.63, 3.8) is 0 Å². The van der Waals surface area contributed by atoms with Crippen LogP contribution in [0.3, 0.4) is 0 Å². The third-order valence-electron chi connectivity index (χ3n) is 0.854. The van der Waals surface area contributed by atoms with E-state index in [1.54, 1.807) is 6.92 Å². The van der Waals surface area contributed by atoms with Crippen LogP contribution in [-0.4, -0.2) is 16.7 Å². The van der Waals surface area contributed by atoms with Gasteiger partial charge in [0.1, 0.15) is 0 Å². The Kier molecular flexibility index (Phi) is 1.67. The minimum absolute atomic E-state index is 0.495. The highest BCUT2D eigenvalue weighted by atomic mass is 16.4. The molecular formula is C5H9N3O. The maximum atomic E-state index is 4.99. The molecule has 0 aliphatic carbocycles. The number of nitrogens with one attached hydrogen (secondary N) is 1. The first-order valence-electron chi connectivity index (χ1n) is 2.87. The van der Waals surface area contributed by atoms with Crippen LogP contribution in [0.1, 0.15) is 12.8 Å². The van der Waals surface area contributed by atoms with Gasteiger partial charge in [0.2, 0.25) is 5.89 Å². The molecule has 1 N–H and O–H groups in total. The molecule has 0 fully saturated rings. The highest BCUT2D eigenvalue weighted by Gasteiger charge is 1.96. The van der Waals surface area contributed by atoms with Crippen molar-refractivity contribution in [2.45, 2.75) is 13.8 Å². The lowest BCUT2D eigenvalue weighted by Crippen LogP contribution is -1.95. The van der Waals surface area contributed by atoms with Crippen LogP contribution >= 0.6 is 0 Å². The molecule has 0 atom stereocenters. The fraction of sp³-hybridized carbons (Fsp3) is 0.600. The molecule has 4 heteroatoms. The predicted molar refractivity (Wildman–Crippen MR) is 33.2 cm³/mol. The number of aryl methyl sites for hydroxylation is 1. The maximum Gasteiger partial charge on any atom is 0.315 e. The Labute approximate surface area is 53.3 Å². The third kappa shape index (κ3) is 1.42. The van der Waals surface area contributed by atoms with Crippen LogP contribution in [0, 0.1) is 6.92 Å². The van der Waals surface area contributed by atoms with Crippen molar-refractivity contribution in [3.05, 3.63) is 5.89 Å². The van der Waals surface area contributed by atoms with Gasteiger partial charge in [-0.25, -0.2) is 0 Å². The zero-order valence-electron chi connectivity index (χ0n) is 5.51. The molecule has 4 nitrogen and oxygen atoms in total. The van der Waals surface area contributed by atoms with E-state index in [9.17, 15) is 0 Å². The second-order valence-corrected chi connectivity index (χ2v) is 1.66. The molecule has 9 heavy (non-hydrogen) atoms. The molecule has 1 aromatic rings. The molecule has 0 amide bonds. The van der Waals surface area contributed by atoms with Gasteiger partial charge in [0.25, 0.3) is 0 Å². The smallest absolute Gasteiger partial charge is 0.315 e. The number of hydrogen-bond acceptors (Lipinski definition) is 4. The van der Waals surface area contributed by atoms with Gasteiger partial charge in [0.15, 0.2) is 0 Å². The van der Waals surface area contributed by atoms with Gasteiger partial charge in [-0.3, -0.25) is 0 Å². The van der Waals surface area contributed by atoms with Gasteiger partial charge in [-0.15, -0.1) is 5.10 Å². The van der Waals surface area contributed by atoms with Gasteiger partial charge in [-0.1, -0.05) is 5.10 Å². The summed E-state index contributed by atoms with van der Waals surface area (Å²) in [6.07, 6.45) is 0. The number of nitrogens with zero attached hydrogens (tertiary/aromatic N) is 2. The normalized spacial score (nSPS) is 9.56. The first kappa shape index (κ1) is 6.07. The number of hydrogen-bond donors (Lipinski definition) is 1. The summed E-state index contributed by atoms with van der Waals surface area (Å²) < 4.78 is 4.99. The highest BCUT2D eigenvalue weighted by molar-refractivity contribution is 5.15. The molecule has 0 bridgehead atoms. The molecule has 0 saturated heterocycles. The van der Waals surface area contributed by atoms with E-state index in [0.29, 0.717) is 11.9 Å². The zero-order chi connectivity index (χ0) is 6.69. The van der Waals surface area contributed by atoms with Crippen molar-refractivity contribution in [2.24, 2.45) is 0 Å². The van der Waals surface area contributed by atoms with E-state index in [1.165, 1.54) is 0 Å². The predicted octanol–water partition coefficient (Wildman–Crippen LogP) is 0.810. The quantitative estimate of drug-likeness (QED) is 0.638. The highest BCUT2D eigenvalue weighted by Crippen LogP contribution is 2.01. The van der Waals surface area contributed by atoms with E-state index >= 15 is 0 Å². The van der Waals surface area contributed by atoms with Gasteiger partial charge in [-0.2, -0.15) is 0 Å². The van der Waals surface area contributed by atoms with Crippen LogP contribution in [-0.2, 0) is 0 Å². The summed E-state index contributed by atoms with van der Waals surface area (Å²) in [5.74, 6) is 0.589. The molecule has 50 valence electrons. The lowest BCUT2D eigenvalue weighted by atomic mass is 10.7. The Morgan fingerprint density at radius 3 is 2.78 bits per heavy atom. The molecule has 1 rings (SSSR count). The van der Waals surface area contributed by atoms with Crippen molar-refractivity contribution >= 4 is 6.01 Å². The van der Waals surface area contributed by atoms with Gasteiger partial charge in [0.05, 0.1) is 0 Å². The summed E-state index contributed by atoms with van der Waals surface area (Å²) in [7, 11) is 0. The molecule has 1 aromatic heterocycles. The maximum absolute atomic E-state index is 4.99. The first-order valence-corrected chi connectivity index (χ1v) is 2.87. The van der Waals surface area contributed by atoms with E-state index in [-0.39, 0.29) is 0 Å². The molecule has 0 saturated carbocycles. The Bertz CT molecular complexity index is 184. The van der Waals surface area contributed by atoms with E-state index in [1.807, 2.05) is 6.92 Å². The second-order valence-electron chi connectivity index (χ2n) is 1.66. The third-order valence-corrected chi connectivity index (χ3v) is 0.854. The molecule has 0 radical (unpaired) electrons. The average Bonchev–Trinajstić information content (AvgIpc) is 2.17. The van der Waals surface area contributed by atoms with Crippen molar-refractivity contribution in [3.8, 4) is 0 Å². The van der Waals surface area contributed by atoms with Crippen molar-refractivity contribution in [1.29, 1.82) is 0 Å². The average molecular weight is 127 g/mol. The fourth-order valence-electron chi connectivity index (χ4n) is 0.519. The number of rotatable bonds is 2. The SMILES string of the molecule is CCNc1nnc(C)o1. The second kappa shape index (κ2) is 2.48. The molecule has 0 spiro atoms. The molecule has 1 heterocycles. The Hall–Kier alpha value is -1.06. The minimum atomic E-state index is 0.495.